The van der Waals surface area contributed by atoms with Gasteiger partial charge in [-0.2, -0.15) is 0 Å². The Morgan fingerprint density at radius 1 is 0.493 bits per heavy atom. The summed E-state index contributed by atoms with van der Waals surface area (Å²) >= 11 is 2.01. The Labute approximate surface area is 811 Å². The maximum atomic E-state index is 14.8. The van der Waals surface area contributed by atoms with Crippen molar-refractivity contribution in [3.8, 4) is 11.5 Å². The lowest BCUT2D eigenvalue weighted by molar-refractivity contribution is -0.166. The van der Waals surface area contributed by atoms with Crippen LogP contribution in [0.3, 0.4) is 0 Å². The summed E-state index contributed by atoms with van der Waals surface area (Å²) in [5, 5.41) is 64.7. The van der Waals surface area contributed by atoms with Gasteiger partial charge in [-0.3, -0.25) is 116 Å². The minimum atomic E-state index is -1.21. The molecule has 6 heterocycles. The number of carboxylic acid groups (broad SMARTS) is 2. The first kappa shape index (κ1) is 111. The predicted octanol–water partition coefficient (Wildman–Crippen LogP) is 7.46. The van der Waals surface area contributed by atoms with Crippen molar-refractivity contribution in [2.24, 2.45) is 35.5 Å². The van der Waals surface area contributed by atoms with E-state index in [1.54, 1.807) is 23.9 Å². The van der Waals surface area contributed by atoms with Crippen LogP contribution in [0.4, 0.5) is 11.4 Å². The largest absolute Gasteiger partial charge is 0.506 e. The van der Waals surface area contributed by atoms with Gasteiger partial charge in [-0.1, -0.05) is 107 Å². The molecule has 2 aromatic heterocycles. The number of carboxylic acids is 2. The van der Waals surface area contributed by atoms with Crippen LogP contribution in [0.15, 0.2) is 71.5 Å². The number of esters is 2. The van der Waals surface area contributed by atoms with Gasteiger partial charge in [0.15, 0.2) is 12.2 Å². The van der Waals surface area contributed by atoms with Gasteiger partial charge in [-0.05, 0) is 138 Å². The van der Waals surface area contributed by atoms with Crippen LogP contribution >= 0.6 is 22.7 Å². The van der Waals surface area contributed by atoms with E-state index >= 15 is 0 Å². The minimum absolute atomic E-state index is 0.0377. The van der Waals surface area contributed by atoms with E-state index in [4.69, 9.17) is 9.47 Å². The number of piperidine rings is 2. The number of phenols is 2. The topological polar surface area (TPSA) is 531 Å². The average molecular weight is 1960 g/mol. The van der Waals surface area contributed by atoms with E-state index in [1.807, 2.05) is 79.3 Å². The number of likely N-dealkylation sites (tertiary alicyclic amines) is 2. The molecule has 40 nitrogen and oxygen atoms in total. The van der Waals surface area contributed by atoms with Gasteiger partial charge in [0.05, 0.1) is 48.4 Å². The second-order valence-electron chi connectivity index (χ2n) is 36.9. The summed E-state index contributed by atoms with van der Waals surface area (Å²) in [7, 11) is 7.02. The monoisotopic (exact) mass is 1960 g/mol. The van der Waals surface area contributed by atoms with Crippen LogP contribution in [-0.2, 0) is 99.0 Å². The zero-order chi connectivity index (χ0) is 102. The number of rotatable bonds is 50. The number of hydrogen-bond acceptors (Lipinski definition) is 28. The highest BCUT2D eigenvalue weighted by atomic mass is 32.1. The van der Waals surface area contributed by atoms with E-state index in [0.717, 1.165) is 106 Å². The molecule has 0 spiro atoms. The van der Waals surface area contributed by atoms with Crippen LogP contribution in [-0.4, -0.2) is 292 Å². The lowest BCUT2D eigenvalue weighted by Gasteiger charge is -2.38. The Balaban J connectivity index is 0.989. The fourth-order valence-electron chi connectivity index (χ4n) is 17.2. The molecular formula is C96H134N16O24S2. The maximum absolute atomic E-state index is 14.8. The number of anilines is 2. The van der Waals surface area contributed by atoms with Crippen molar-refractivity contribution in [1.82, 2.24) is 70.7 Å². The normalized spacial score (nSPS) is 17.7. The third-order valence-corrected chi connectivity index (χ3v) is 27.7. The number of amides is 14. The van der Waals surface area contributed by atoms with Gasteiger partial charge in [0, 0.05) is 139 Å². The van der Waals surface area contributed by atoms with Crippen molar-refractivity contribution in [2.75, 3.05) is 78.1 Å². The molecule has 4 aliphatic heterocycles. The molecule has 4 aromatic rings. The smallest absolute Gasteiger partial charge is 0.306 e. The van der Waals surface area contributed by atoms with Crippen LogP contribution in [0.1, 0.15) is 240 Å². The molecule has 14 atom stereocenters. The van der Waals surface area contributed by atoms with Crippen LogP contribution in [0.25, 0.3) is 0 Å². The number of benzene rings is 2. The third-order valence-electron chi connectivity index (χ3n) is 25.8. The lowest BCUT2D eigenvalue weighted by Crippen LogP contribution is -2.58. The van der Waals surface area contributed by atoms with Gasteiger partial charge in [0.2, 0.25) is 47.3 Å². The first-order valence-corrected chi connectivity index (χ1v) is 48.7. The number of thiazole rings is 2. The number of imide groups is 2. The molecule has 8 rings (SSSR count). The van der Waals surface area contributed by atoms with Crippen molar-refractivity contribution < 1.29 is 116 Å². The van der Waals surface area contributed by atoms with Crippen LogP contribution < -0.4 is 31.9 Å². The molecule has 0 saturated carbocycles. The number of nitrogens with zero attached hydrogens (tertiary/aromatic N) is 10. The van der Waals surface area contributed by atoms with Gasteiger partial charge in [0.1, 0.15) is 45.0 Å². The van der Waals surface area contributed by atoms with E-state index < -0.39 is 219 Å². The van der Waals surface area contributed by atoms with Crippen LogP contribution in [0, 0.1) is 35.5 Å². The Morgan fingerprint density at radius 3 is 1.15 bits per heavy atom. The summed E-state index contributed by atoms with van der Waals surface area (Å²) in [4.78, 5) is 264. The zero-order valence-electron chi connectivity index (χ0n) is 81.4. The second kappa shape index (κ2) is 51.8. The first-order valence-electron chi connectivity index (χ1n) is 47.0. The molecule has 2 saturated heterocycles. The SMILES string of the molecule is CC[C@H](C)[C@H](NC(=O)[C@H]1CCCCN1C)C(=O)N(C)[C@H](C[C@@H](OC(C)=O)c1nc(C(=O)N[C@@H](Cc2ccc(O)c(NC(=O)CCN(C(=O)CCN3C(=O)C=CC3=O)N(CCC(=O)Nc3cc(C[C@@H](CC(C)C(=O)O)NC(=O)c4csc([C@@H](C[C@H](C(C)C)N(C)C(=O)[C@@H](NC(=O)[C@H]5CCCCN5C)[C@@H](C)CC)OC(C)=O)n4)ccc3O)C(=O)CCN3C(=O)C=CC3=O)c2)CC(C)C(=O)O)cs1)C(C)C. The zero-order valence-corrected chi connectivity index (χ0v) is 83.0. The van der Waals surface area contributed by atoms with Crippen molar-refractivity contribution in [2.45, 2.75) is 259 Å². The van der Waals surface area contributed by atoms with Gasteiger partial charge in [-0.15, -0.1) is 22.7 Å². The molecule has 2 fully saturated rings. The number of aromatic hydroxyl groups is 2. The number of hydrazine groups is 1. The van der Waals surface area contributed by atoms with Crippen molar-refractivity contribution in [3.63, 3.8) is 0 Å². The molecule has 138 heavy (non-hydrogen) atoms. The van der Waals surface area contributed by atoms with Crippen LogP contribution in [0.2, 0.25) is 0 Å². The molecule has 0 aliphatic carbocycles. The van der Waals surface area contributed by atoms with Crippen molar-refractivity contribution in [1.29, 1.82) is 0 Å². The molecule has 10 N–H and O–H groups in total. The minimum Gasteiger partial charge on any atom is -0.506 e. The number of carbonyl (C=O) groups is 18. The van der Waals surface area contributed by atoms with E-state index in [0.29, 0.717) is 36.8 Å². The summed E-state index contributed by atoms with van der Waals surface area (Å²) in [5.41, 5.74) is -0.0644. The van der Waals surface area contributed by atoms with Crippen molar-refractivity contribution >= 4 is 141 Å². The highest BCUT2D eigenvalue weighted by molar-refractivity contribution is 7.10. The quantitative estimate of drug-likeness (QED) is 0.00887. The summed E-state index contributed by atoms with van der Waals surface area (Å²) in [6.07, 6.45) is 4.50. The number of aromatic nitrogens is 2. The second-order valence-corrected chi connectivity index (χ2v) is 38.7. The van der Waals surface area contributed by atoms with Gasteiger partial charge in [-0.25, -0.2) is 9.97 Å². The Kier molecular flexibility index (Phi) is 41.6. The van der Waals surface area contributed by atoms with Gasteiger partial charge in [0.25, 0.3) is 35.4 Å². The van der Waals surface area contributed by atoms with Crippen molar-refractivity contribution in [3.05, 3.63) is 104 Å². The predicted molar refractivity (Wildman–Crippen MR) is 508 cm³/mol. The summed E-state index contributed by atoms with van der Waals surface area (Å²) in [6.45, 7) is 19.4. The van der Waals surface area contributed by atoms with E-state index in [9.17, 15) is 107 Å². The molecule has 0 bridgehead atoms. The fourth-order valence-corrected chi connectivity index (χ4v) is 18.9. The number of aliphatic carboxylic acids is 2. The fraction of sp³-hybridized carbons (Fsp3) is 0.583. The van der Waals surface area contributed by atoms with Gasteiger partial charge >= 0.3 is 23.9 Å². The highest BCUT2D eigenvalue weighted by Gasteiger charge is 2.42. The molecule has 754 valence electrons. The number of likely N-dealkylation sites (N-methyl/N-ethyl adjacent to an activating group) is 4. The number of nitrogens with one attached hydrogen (secondary N) is 6. The summed E-state index contributed by atoms with van der Waals surface area (Å²) in [5.74, 6) is -17.5. The molecule has 2 aromatic carbocycles. The Bertz CT molecular complexity index is 4810. The standard InChI is InChI=1S/C96H134N16O24S2/c1-17-55(7)85(103-89(127)69-23-19-21-37-105(69)13)93(129)107(15)71(53(3)4)49-75(135-59(11)113)91-101-67(51-137-91)87(125)97-63(43-57(9)95(131)132)45-61-25-27-73(115)65(47-61)99-77(117)33-41-111(83(123)35-39-109-79(119)29-30-80(109)120)112(84(124)36-40-110-81(121)31-32-82(110)122)42-34-78(118)100-66-48-62(26-28-74(66)116)46-64(44-58(10)96(133)134)98-88(126)68-52-138-92(102-68)76(136-60(12)114)50-72(54(5)6)108(16)94(130)86(56(8)18-2)104-90(128)70-24-20-22-38-106(70)14/h25-32,47-48,51-58,63-64,69-72,75-76,85-86,115-116H,17-24,33-46,49-50H2,1-16H3,(H,97,125)(H,98,126)(H,99,117)(H,100,118)(H,103,127)(H,104,128)(H,131,132)(H,133,134)/t55-,56-,57?,58?,63+,64+,69+,70+,71+,72+,75+,76+,85-,86-/m0/s1. The molecule has 4 aliphatic rings. The molecule has 14 amide bonds. The van der Waals surface area contributed by atoms with E-state index in [-0.39, 0.29) is 119 Å². The molecule has 2 unspecified atom stereocenters. The summed E-state index contributed by atoms with van der Waals surface area (Å²) in [6, 6.07) is 2.30. The Morgan fingerprint density at radius 2 is 0.841 bits per heavy atom. The molecular weight excluding hydrogens is 1830 g/mol. The van der Waals surface area contributed by atoms with E-state index in [1.165, 1.54) is 74.9 Å². The van der Waals surface area contributed by atoms with Crippen LogP contribution in [0.5, 0.6) is 11.5 Å². The van der Waals surface area contributed by atoms with Gasteiger partial charge < -0.3 is 71.6 Å². The number of ether oxygens (including phenoxy) is 2. The molecule has 0 radical (unpaired) electrons. The Hall–Kier alpha value is -12.4. The number of carbonyl (C=O) groups excluding carboxylic acids is 16. The maximum Gasteiger partial charge on any atom is 0.306 e. The number of hydrogen-bond donors (Lipinski definition) is 10. The number of phenolic OH excluding ortho intramolecular Hbond substituents is 2. The molecule has 42 heteroatoms. The highest BCUT2D eigenvalue weighted by Crippen LogP contribution is 2.36. The summed E-state index contributed by atoms with van der Waals surface area (Å²) < 4.78 is 11.7. The van der Waals surface area contributed by atoms with E-state index in [2.05, 4.69) is 41.9 Å². The first-order chi connectivity index (χ1) is 65.2. The average Bonchev–Trinajstić information content (AvgIpc) is 0.846. The third kappa shape index (κ3) is 31.3. The lowest BCUT2D eigenvalue weighted by atomic mass is 9.92.